The van der Waals surface area contributed by atoms with Crippen LogP contribution in [0.15, 0.2) is 15.5 Å². The molecule has 72 valence electrons. The fraction of sp³-hybridized carbons (Fsp3) is 0.444. The standard InChI is InChI=1S/C9H12O4/c1-5-8(12-3)7(6(2)10)4-13-9(5)11/h4,6,10H,1-3H3. The van der Waals surface area contributed by atoms with Gasteiger partial charge in [-0.2, -0.15) is 0 Å². The lowest BCUT2D eigenvalue weighted by Gasteiger charge is -2.10. The van der Waals surface area contributed by atoms with Crippen molar-refractivity contribution in [3.8, 4) is 5.75 Å². The lowest BCUT2D eigenvalue weighted by molar-refractivity contribution is 0.189. The number of hydrogen-bond acceptors (Lipinski definition) is 4. The Morgan fingerprint density at radius 3 is 2.69 bits per heavy atom. The number of hydrogen-bond donors (Lipinski definition) is 1. The number of ether oxygens (including phenoxy) is 1. The Hall–Kier alpha value is -1.29. The fourth-order valence-corrected chi connectivity index (χ4v) is 1.13. The van der Waals surface area contributed by atoms with Crippen molar-refractivity contribution in [1.29, 1.82) is 0 Å². The van der Waals surface area contributed by atoms with Gasteiger partial charge in [-0.1, -0.05) is 0 Å². The van der Waals surface area contributed by atoms with E-state index in [0.717, 1.165) is 0 Å². The summed E-state index contributed by atoms with van der Waals surface area (Å²) >= 11 is 0. The number of methoxy groups -OCH3 is 1. The first-order valence-corrected chi connectivity index (χ1v) is 3.92. The highest BCUT2D eigenvalue weighted by molar-refractivity contribution is 5.37. The van der Waals surface area contributed by atoms with Crippen LogP contribution in [0, 0.1) is 6.92 Å². The highest BCUT2D eigenvalue weighted by atomic mass is 16.5. The van der Waals surface area contributed by atoms with Gasteiger partial charge in [0.15, 0.2) is 0 Å². The van der Waals surface area contributed by atoms with Crippen LogP contribution in [-0.2, 0) is 0 Å². The molecule has 1 rings (SSSR count). The lowest BCUT2D eigenvalue weighted by Crippen LogP contribution is -2.08. The summed E-state index contributed by atoms with van der Waals surface area (Å²) in [6.07, 6.45) is 0.511. The Morgan fingerprint density at radius 2 is 2.23 bits per heavy atom. The van der Waals surface area contributed by atoms with Crippen molar-refractivity contribution >= 4 is 0 Å². The summed E-state index contributed by atoms with van der Waals surface area (Å²) in [7, 11) is 1.45. The molecule has 1 unspecified atom stereocenters. The van der Waals surface area contributed by atoms with Crippen LogP contribution in [-0.4, -0.2) is 12.2 Å². The Labute approximate surface area is 75.8 Å². The van der Waals surface area contributed by atoms with E-state index in [-0.39, 0.29) is 0 Å². The van der Waals surface area contributed by atoms with Crippen molar-refractivity contribution in [1.82, 2.24) is 0 Å². The average molecular weight is 184 g/mol. The first kappa shape index (κ1) is 9.80. The molecule has 1 N–H and O–H groups in total. The van der Waals surface area contributed by atoms with E-state index in [1.54, 1.807) is 13.8 Å². The molecule has 0 radical (unpaired) electrons. The maximum atomic E-state index is 11.0. The topological polar surface area (TPSA) is 59.7 Å². The molecular weight excluding hydrogens is 172 g/mol. The first-order valence-electron chi connectivity index (χ1n) is 3.92. The molecule has 0 saturated carbocycles. The summed E-state index contributed by atoms with van der Waals surface area (Å²) in [5, 5.41) is 9.31. The maximum absolute atomic E-state index is 11.0. The van der Waals surface area contributed by atoms with Crippen LogP contribution in [0.4, 0.5) is 0 Å². The van der Waals surface area contributed by atoms with Gasteiger partial charge in [-0.05, 0) is 13.8 Å². The third kappa shape index (κ3) is 1.72. The van der Waals surface area contributed by atoms with Crippen molar-refractivity contribution in [3.05, 3.63) is 27.8 Å². The summed E-state index contributed by atoms with van der Waals surface area (Å²) in [5.41, 5.74) is 0.418. The van der Waals surface area contributed by atoms with E-state index >= 15 is 0 Å². The van der Waals surface area contributed by atoms with Crippen LogP contribution in [0.25, 0.3) is 0 Å². The molecule has 0 aliphatic rings. The zero-order valence-electron chi connectivity index (χ0n) is 7.83. The van der Waals surface area contributed by atoms with E-state index in [2.05, 4.69) is 0 Å². The molecule has 4 heteroatoms. The molecule has 1 aromatic heterocycles. The summed E-state index contributed by atoms with van der Waals surface area (Å²) in [6, 6.07) is 0. The molecule has 0 spiro atoms. The van der Waals surface area contributed by atoms with Gasteiger partial charge >= 0.3 is 5.63 Å². The highest BCUT2D eigenvalue weighted by Gasteiger charge is 2.14. The third-order valence-corrected chi connectivity index (χ3v) is 1.86. The molecule has 1 heterocycles. The molecule has 0 bridgehead atoms. The van der Waals surface area contributed by atoms with Crippen LogP contribution in [0.1, 0.15) is 24.2 Å². The van der Waals surface area contributed by atoms with Gasteiger partial charge in [0.1, 0.15) is 12.0 Å². The molecule has 13 heavy (non-hydrogen) atoms. The van der Waals surface area contributed by atoms with Crippen molar-refractivity contribution in [2.75, 3.05) is 7.11 Å². The van der Waals surface area contributed by atoms with E-state index in [1.165, 1.54) is 13.4 Å². The minimum absolute atomic E-state index is 0.376. The lowest BCUT2D eigenvalue weighted by atomic mass is 10.1. The van der Waals surface area contributed by atoms with Gasteiger partial charge in [0.25, 0.3) is 0 Å². The van der Waals surface area contributed by atoms with Crippen LogP contribution < -0.4 is 10.4 Å². The van der Waals surface area contributed by atoms with E-state index < -0.39 is 11.7 Å². The van der Waals surface area contributed by atoms with Gasteiger partial charge in [0, 0.05) is 0 Å². The Morgan fingerprint density at radius 1 is 1.62 bits per heavy atom. The van der Waals surface area contributed by atoms with E-state index in [0.29, 0.717) is 16.9 Å². The zero-order valence-corrected chi connectivity index (χ0v) is 7.83. The molecule has 4 nitrogen and oxygen atoms in total. The summed E-state index contributed by atoms with van der Waals surface area (Å²) in [6.45, 7) is 3.17. The van der Waals surface area contributed by atoms with Crippen molar-refractivity contribution in [2.45, 2.75) is 20.0 Å². The molecule has 0 aromatic carbocycles. The SMILES string of the molecule is COc1c(C(C)O)coc(=O)c1C. The molecule has 0 saturated heterocycles. The van der Waals surface area contributed by atoms with Crippen molar-refractivity contribution in [2.24, 2.45) is 0 Å². The highest BCUT2D eigenvalue weighted by Crippen LogP contribution is 2.25. The second-order valence-corrected chi connectivity index (χ2v) is 2.81. The Bertz CT molecular complexity index is 351. The summed E-state index contributed by atoms with van der Waals surface area (Å²) < 4.78 is 9.70. The Kier molecular flexibility index (Phi) is 2.72. The summed E-state index contributed by atoms with van der Waals surface area (Å²) in [4.78, 5) is 11.0. The predicted octanol–water partition coefficient (Wildman–Crippen LogP) is 1.01. The molecule has 1 atom stereocenters. The van der Waals surface area contributed by atoms with E-state index in [9.17, 15) is 9.90 Å². The molecule has 1 aromatic rings. The predicted molar refractivity (Wildman–Crippen MR) is 46.9 cm³/mol. The minimum atomic E-state index is -0.710. The molecule has 0 fully saturated rings. The fourth-order valence-electron chi connectivity index (χ4n) is 1.13. The van der Waals surface area contributed by atoms with Gasteiger partial charge < -0.3 is 14.3 Å². The van der Waals surface area contributed by atoms with Crippen molar-refractivity contribution in [3.63, 3.8) is 0 Å². The van der Waals surface area contributed by atoms with Crippen LogP contribution in [0.3, 0.4) is 0 Å². The number of rotatable bonds is 2. The normalized spacial score (nSPS) is 12.6. The van der Waals surface area contributed by atoms with E-state index in [4.69, 9.17) is 9.15 Å². The van der Waals surface area contributed by atoms with E-state index in [1.807, 2.05) is 0 Å². The molecule has 0 amide bonds. The van der Waals surface area contributed by atoms with Gasteiger partial charge in [-0.15, -0.1) is 0 Å². The number of aliphatic hydroxyl groups excluding tert-OH is 1. The molecule has 0 aliphatic carbocycles. The second-order valence-electron chi connectivity index (χ2n) is 2.81. The van der Waals surface area contributed by atoms with Crippen LogP contribution >= 0.6 is 0 Å². The van der Waals surface area contributed by atoms with Gasteiger partial charge in [-0.25, -0.2) is 4.79 Å². The smallest absolute Gasteiger partial charge is 0.342 e. The van der Waals surface area contributed by atoms with Crippen LogP contribution in [0.5, 0.6) is 5.75 Å². The van der Waals surface area contributed by atoms with Crippen molar-refractivity contribution < 1.29 is 14.3 Å². The first-order chi connectivity index (χ1) is 6.07. The Balaban J connectivity index is 3.38. The van der Waals surface area contributed by atoms with Gasteiger partial charge in [0.2, 0.25) is 0 Å². The quantitative estimate of drug-likeness (QED) is 0.745. The third-order valence-electron chi connectivity index (χ3n) is 1.86. The minimum Gasteiger partial charge on any atom is -0.496 e. The summed E-state index contributed by atoms with van der Waals surface area (Å²) in [5.74, 6) is 0.395. The average Bonchev–Trinajstić information content (AvgIpc) is 2.09. The zero-order chi connectivity index (χ0) is 10.0. The van der Waals surface area contributed by atoms with Crippen LogP contribution in [0.2, 0.25) is 0 Å². The monoisotopic (exact) mass is 184 g/mol. The van der Waals surface area contributed by atoms with Gasteiger partial charge in [0.05, 0.1) is 24.3 Å². The second kappa shape index (κ2) is 3.62. The largest absolute Gasteiger partial charge is 0.496 e. The van der Waals surface area contributed by atoms with Gasteiger partial charge in [-0.3, -0.25) is 0 Å². The maximum Gasteiger partial charge on any atom is 0.342 e. The number of aliphatic hydroxyl groups is 1. The molecule has 0 aliphatic heterocycles. The molecular formula is C9H12O4.